The summed E-state index contributed by atoms with van der Waals surface area (Å²) in [6.45, 7) is 5.93. The van der Waals surface area contributed by atoms with Crippen molar-refractivity contribution in [2.75, 3.05) is 5.75 Å². The van der Waals surface area contributed by atoms with Crippen LogP contribution >= 0.6 is 23.1 Å². The molecule has 0 aliphatic heterocycles. The number of hydrogen-bond donors (Lipinski definition) is 1. The third-order valence-corrected chi connectivity index (χ3v) is 7.02. The first-order chi connectivity index (χ1) is 14.9. The van der Waals surface area contributed by atoms with Crippen LogP contribution in [0, 0.1) is 13.8 Å². The van der Waals surface area contributed by atoms with Crippen LogP contribution in [0.1, 0.15) is 29.0 Å². The summed E-state index contributed by atoms with van der Waals surface area (Å²) in [6.07, 6.45) is 0. The lowest BCUT2D eigenvalue weighted by atomic mass is 10.1. The zero-order valence-corrected chi connectivity index (χ0v) is 19.2. The number of nitrogens with one attached hydrogen (secondary N) is 1. The fourth-order valence-electron chi connectivity index (χ4n) is 3.40. The third kappa shape index (κ3) is 4.57. The Morgan fingerprint density at radius 1 is 1.16 bits per heavy atom. The molecule has 1 N–H and O–H groups in total. The number of para-hydroxylation sites is 1. The number of thioether (sulfide) groups is 1. The molecule has 2 aromatic heterocycles. The molecule has 0 spiro atoms. The SMILES string of the molecule is Cc1ccc(C)c(-n2c(SCC(=O)NC(C)c3cccs3)nc3ccccc3c2=O)c1. The Balaban J connectivity index is 1.68. The maximum atomic E-state index is 13.4. The van der Waals surface area contributed by atoms with E-state index in [2.05, 4.69) is 5.32 Å². The van der Waals surface area contributed by atoms with E-state index in [1.807, 2.05) is 74.7 Å². The Bertz CT molecular complexity index is 1300. The van der Waals surface area contributed by atoms with Crippen molar-refractivity contribution in [1.29, 1.82) is 0 Å². The van der Waals surface area contributed by atoms with Crippen LogP contribution in [0.4, 0.5) is 0 Å². The summed E-state index contributed by atoms with van der Waals surface area (Å²) < 4.78 is 1.63. The van der Waals surface area contributed by atoms with Gasteiger partial charge in [0.15, 0.2) is 5.16 Å². The van der Waals surface area contributed by atoms with Crippen LogP contribution in [0.2, 0.25) is 0 Å². The van der Waals surface area contributed by atoms with Crippen LogP contribution < -0.4 is 10.9 Å². The van der Waals surface area contributed by atoms with E-state index < -0.39 is 0 Å². The van der Waals surface area contributed by atoms with E-state index in [9.17, 15) is 9.59 Å². The highest BCUT2D eigenvalue weighted by atomic mass is 32.2. The molecule has 0 aliphatic carbocycles. The van der Waals surface area contributed by atoms with Crippen molar-refractivity contribution >= 4 is 39.9 Å². The van der Waals surface area contributed by atoms with E-state index in [4.69, 9.17) is 4.98 Å². The molecule has 5 nitrogen and oxygen atoms in total. The van der Waals surface area contributed by atoms with E-state index in [0.29, 0.717) is 16.1 Å². The number of fused-ring (bicyclic) bond motifs is 1. The van der Waals surface area contributed by atoms with Gasteiger partial charge in [0.05, 0.1) is 28.4 Å². The van der Waals surface area contributed by atoms with Gasteiger partial charge in [0.25, 0.3) is 5.56 Å². The third-order valence-electron chi connectivity index (χ3n) is 5.03. The number of thiophene rings is 1. The number of aryl methyl sites for hydroxylation is 2. The fraction of sp³-hybridized carbons (Fsp3) is 0.208. The molecule has 0 saturated carbocycles. The molecule has 0 aliphatic rings. The fourth-order valence-corrected chi connectivity index (χ4v) is 4.96. The number of amides is 1. The van der Waals surface area contributed by atoms with E-state index in [1.165, 1.54) is 11.8 Å². The summed E-state index contributed by atoms with van der Waals surface area (Å²) in [6, 6.07) is 17.2. The molecule has 0 radical (unpaired) electrons. The topological polar surface area (TPSA) is 64.0 Å². The number of hydrogen-bond acceptors (Lipinski definition) is 5. The van der Waals surface area contributed by atoms with Crippen LogP contribution in [0.3, 0.4) is 0 Å². The van der Waals surface area contributed by atoms with Crippen molar-refractivity contribution in [1.82, 2.24) is 14.9 Å². The van der Waals surface area contributed by atoms with Gasteiger partial charge in [-0.2, -0.15) is 0 Å². The number of carbonyl (C=O) groups is 1. The van der Waals surface area contributed by atoms with Gasteiger partial charge in [0.1, 0.15) is 0 Å². The minimum Gasteiger partial charge on any atom is -0.348 e. The minimum absolute atomic E-state index is 0.0566. The summed E-state index contributed by atoms with van der Waals surface area (Å²) in [5.74, 6) is 0.0755. The largest absolute Gasteiger partial charge is 0.348 e. The quantitative estimate of drug-likeness (QED) is 0.331. The highest BCUT2D eigenvalue weighted by molar-refractivity contribution is 7.99. The summed E-state index contributed by atoms with van der Waals surface area (Å²) in [5, 5.41) is 6.08. The Morgan fingerprint density at radius 2 is 1.97 bits per heavy atom. The van der Waals surface area contributed by atoms with Gasteiger partial charge < -0.3 is 5.32 Å². The van der Waals surface area contributed by atoms with E-state index in [1.54, 1.807) is 22.0 Å². The molecular formula is C24H23N3O2S2. The van der Waals surface area contributed by atoms with Crippen LogP contribution in [-0.2, 0) is 4.79 Å². The van der Waals surface area contributed by atoms with Gasteiger partial charge in [-0.1, -0.05) is 42.1 Å². The van der Waals surface area contributed by atoms with Gasteiger partial charge in [-0.15, -0.1) is 11.3 Å². The zero-order chi connectivity index (χ0) is 22.0. The van der Waals surface area contributed by atoms with Gasteiger partial charge in [-0.25, -0.2) is 4.98 Å². The molecule has 0 fully saturated rings. The highest BCUT2D eigenvalue weighted by Crippen LogP contribution is 2.24. The molecule has 2 heterocycles. The Morgan fingerprint density at radius 3 is 2.74 bits per heavy atom. The lowest BCUT2D eigenvalue weighted by molar-refractivity contribution is -0.119. The first-order valence-corrected chi connectivity index (χ1v) is 11.9. The van der Waals surface area contributed by atoms with Gasteiger partial charge in [0.2, 0.25) is 5.91 Å². The lowest BCUT2D eigenvalue weighted by Gasteiger charge is -2.16. The predicted octanol–water partition coefficient (Wildman–Crippen LogP) is 5.03. The normalized spacial score (nSPS) is 12.1. The average Bonchev–Trinajstić information content (AvgIpc) is 3.30. The number of carbonyl (C=O) groups excluding carboxylic acids is 1. The molecule has 4 aromatic rings. The second-order valence-electron chi connectivity index (χ2n) is 7.44. The molecular weight excluding hydrogens is 426 g/mol. The molecule has 4 rings (SSSR count). The second kappa shape index (κ2) is 9.08. The van der Waals surface area contributed by atoms with Crippen molar-refractivity contribution in [3.8, 4) is 5.69 Å². The van der Waals surface area contributed by atoms with Gasteiger partial charge in [0, 0.05) is 4.88 Å². The van der Waals surface area contributed by atoms with Gasteiger partial charge in [-0.05, 0) is 61.5 Å². The maximum Gasteiger partial charge on any atom is 0.266 e. The zero-order valence-electron chi connectivity index (χ0n) is 17.6. The number of aromatic nitrogens is 2. The molecule has 1 atom stereocenters. The highest BCUT2D eigenvalue weighted by Gasteiger charge is 2.17. The summed E-state index contributed by atoms with van der Waals surface area (Å²) >= 11 is 2.89. The van der Waals surface area contributed by atoms with Gasteiger partial charge in [-0.3, -0.25) is 14.2 Å². The van der Waals surface area contributed by atoms with Crippen LogP contribution in [0.15, 0.2) is 69.9 Å². The van der Waals surface area contributed by atoms with E-state index in [0.717, 1.165) is 21.7 Å². The molecule has 7 heteroatoms. The number of rotatable bonds is 6. The monoisotopic (exact) mass is 449 g/mol. The average molecular weight is 450 g/mol. The first kappa shape index (κ1) is 21.3. The summed E-state index contributed by atoms with van der Waals surface area (Å²) in [7, 11) is 0. The summed E-state index contributed by atoms with van der Waals surface area (Å²) in [4.78, 5) is 31.8. The first-order valence-electron chi connectivity index (χ1n) is 9.99. The van der Waals surface area contributed by atoms with Crippen LogP contribution in [-0.4, -0.2) is 21.2 Å². The predicted molar refractivity (Wildman–Crippen MR) is 128 cm³/mol. The maximum absolute atomic E-state index is 13.4. The molecule has 0 saturated heterocycles. The smallest absolute Gasteiger partial charge is 0.266 e. The molecule has 1 amide bonds. The molecule has 31 heavy (non-hydrogen) atoms. The lowest BCUT2D eigenvalue weighted by Crippen LogP contribution is -2.28. The molecule has 0 bridgehead atoms. The van der Waals surface area contributed by atoms with E-state index in [-0.39, 0.29) is 23.3 Å². The number of nitrogens with zero attached hydrogens (tertiary/aromatic N) is 2. The van der Waals surface area contributed by atoms with Crippen LogP contribution in [0.25, 0.3) is 16.6 Å². The summed E-state index contributed by atoms with van der Waals surface area (Å²) in [5.41, 5.74) is 3.32. The minimum atomic E-state index is -0.130. The Kier molecular flexibility index (Phi) is 6.25. The van der Waals surface area contributed by atoms with Crippen molar-refractivity contribution < 1.29 is 4.79 Å². The second-order valence-corrected chi connectivity index (χ2v) is 9.36. The van der Waals surface area contributed by atoms with Crippen molar-refractivity contribution in [2.45, 2.75) is 32.0 Å². The van der Waals surface area contributed by atoms with Crippen LogP contribution in [0.5, 0.6) is 0 Å². The van der Waals surface area contributed by atoms with Crippen molar-refractivity contribution in [3.05, 3.63) is 86.3 Å². The standard InChI is InChI=1S/C24H23N3O2S2/c1-15-10-11-16(2)20(13-15)27-23(29)18-7-4-5-8-19(18)26-24(27)31-14-22(28)25-17(3)21-9-6-12-30-21/h4-13,17H,14H2,1-3H3,(H,25,28). The molecule has 2 aromatic carbocycles. The van der Waals surface area contributed by atoms with E-state index >= 15 is 0 Å². The molecule has 1 unspecified atom stereocenters. The number of benzene rings is 2. The Hall–Kier alpha value is -2.90. The van der Waals surface area contributed by atoms with Crippen molar-refractivity contribution in [3.63, 3.8) is 0 Å². The van der Waals surface area contributed by atoms with Crippen molar-refractivity contribution in [2.24, 2.45) is 0 Å². The molecule has 158 valence electrons. The Labute approximate surface area is 189 Å². The van der Waals surface area contributed by atoms with Gasteiger partial charge >= 0.3 is 0 Å².